The van der Waals surface area contributed by atoms with Crippen LogP contribution in [0.3, 0.4) is 0 Å². The molecular weight excluding hydrogens is 190 g/mol. The summed E-state index contributed by atoms with van der Waals surface area (Å²) in [6.45, 7) is 9.44. The van der Waals surface area contributed by atoms with Crippen LogP contribution in [-0.2, 0) is 16.9 Å². The molecule has 0 aliphatic heterocycles. The molecule has 0 bridgehead atoms. The van der Waals surface area contributed by atoms with E-state index in [4.69, 9.17) is 4.74 Å². The van der Waals surface area contributed by atoms with E-state index >= 15 is 0 Å². The Morgan fingerprint density at radius 2 is 2.20 bits per heavy atom. The first-order valence-corrected chi connectivity index (χ1v) is 5.47. The van der Waals surface area contributed by atoms with Crippen LogP contribution in [-0.4, -0.2) is 21.9 Å². The molecule has 1 aromatic rings. The number of aromatic nitrogens is 3. The zero-order chi connectivity index (χ0) is 11.5. The number of methoxy groups -OCH3 is 1. The number of nitrogens with zero attached hydrogens (tertiary/aromatic N) is 3. The van der Waals surface area contributed by atoms with Crippen molar-refractivity contribution in [2.75, 3.05) is 7.11 Å². The summed E-state index contributed by atoms with van der Waals surface area (Å²) in [6, 6.07) is 0. The third-order valence-electron chi connectivity index (χ3n) is 2.78. The lowest BCUT2D eigenvalue weighted by molar-refractivity contribution is -0.0124. The lowest BCUT2D eigenvalue weighted by Gasteiger charge is -2.26. The molecule has 0 amide bonds. The lowest BCUT2D eigenvalue weighted by Crippen LogP contribution is -2.28. The zero-order valence-electron chi connectivity index (χ0n) is 10.3. The lowest BCUT2D eigenvalue weighted by atomic mass is 10.0. The number of hydrogen-bond donors (Lipinski definition) is 0. The van der Waals surface area contributed by atoms with Crippen molar-refractivity contribution >= 4 is 0 Å². The van der Waals surface area contributed by atoms with E-state index < -0.39 is 0 Å². The summed E-state index contributed by atoms with van der Waals surface area (Å²) in [5.41, 5.74) is -0.328. The maximum Gasteiger partial charge on any atom is 0.164 e. The van der Waals surface area contributed by atoms with Crippen molar-refractivity contribution in [3.05, 3.63) is 12.2 Å². The molecule has 0 aliphatic carbocycles. The molecule has 4 heteroatoms. The van der Waals surface area contributed by atoms with Gasteiger partial charge in [0.05, 0.1) is 0 Å². The third-order valence-corrected chi connectivity index (χ3v) is 2.78. The van der Waals surface area contributed by atoms with Gasteiger partial charge in [-0.1, -0.05) is 20.8 Å². The molecule has 1 unspecified atom stereocenters. The van der Waals surface area contributed by atoms with Gasteiger partial charge in [-0.2, -0.15) is 0 Å². The molecule has 0 saturated carbocycles. The minimum Gasteiger partial charge on any atom is -0.371 e. The van der Waals surface area contributed by atoms with Gasteiger partial charge in [-0.15, -0.1) is 10.2 Å². The van der Waals surface area contributed by atoms with E-state index in [9.17, 15) is 0 Å². The second kappa shape index (κ2) is 4.75. The van der Waals surface area contributed by atoms with Crippen LogP contribution in [0.2, 0.25) is 0 Å². The Morgan fingerprint density at radius 1 is 1.53 bits per heavy atom. The molecule has 0 saturated heterocycles. The topological polar surface area (TPSA) is 39.9 Å². The summed E-state index contributed by atoms with van der Waals surface area (Å²) < 4.78 is 7.61. The van der Waals surface area contributed by atoms with Crippen molar-refractivity contribution in [3.8, 4) is 0 Å². The molecule has 4 nitrogen and oxygen atoms in total. The van der Waals surface area contributed by atoms with Crippen LogP contribution in [0.25, 0.3) is 0 Å². The fraction of sp³-hybridized carbons (Fsp3) is 0.818. The Labute approximate surface area is 91.7 Å². The molecule has 1 heterocycles. The molecule has 15 heavy (non-hydrogen) atoms. The molecule has 0 fully saturated rings. The first-order valence-electron chi connectivity index (χ1n) is 5.47. The van der Waals surface area contributed by atoms with Crippen molar-refractivity contribution < 1.29 is 4.74 Å². The summed E-state index contributed by atoms with van der Waals surface area (Å²) in [6.07, 6.45) is 2.67. The Hall–Kier alpha value is -0.900. The molecule has 1 atom stereocenters. The van der Waals surface area contributed by atoms with E-state index in [0.717, 1.165) is 18.8 Å². The average molecular weight is 211 g/mol. The van der Waals surface area contributed by atoms with Crippen LogP contribution in [0.15, 0.2) is 6.33 Å². The third kappa shape index (κ3) is 2.56. The molecule has 0 aliphatic rings. The Kier molecular flexibility index (Phi) is 3.85. The smallest absolute Gasteiger partial charge is 0.164 e. The number of rotatable bonds is 5. The van der Waals surface area contributed by atoms with Gasteiger partial charge in [0, 0.05) is 13.7 Å². The first kappa shape index (κ1) is 12.2. The van der Waals surface area contributed by atoms with Gasteiger partial charge in [-0.3, -0.25) is 0 Å². The van der Waals surface area contributed by atoms with E-state index in [1.165, 1.54) is 0 Å². The van der Waals surface area contributed by atoms with Gasteiger partial charge in [0.25, 0.3) is 0 Å². The quantitative estimate of drug-likeness (QED) is 0.749. The van der Waals surface area contributed by atoms with Gasteiger partial charge < -0.3 is 9.30 Å². The van der Waals surface area contributed by atoms with Crippen LogP contribution in [0.4, 0.5) is 0 Å². The summed E-state index contributed by atoms with van der Waals surface area (Å²) >= 11 is 0. The van der Waals surface area contributed by atoms with Gasteiger partial charge in [-0.25, -0.2) is 0 Å². The average Bonchev–Trinajstić information content (AvgIpc) is 2.64. The van der Waals surface area contributed by atoms with Gasteiger partial charge in [0.2, 0.25) is 0 Å². The largest absolute Gasteiger partial charge is 0.371 e. The van der Waals surface area contributed by atoms with Crippen LogP contribution in [0.5, 0.6) is 0 Å². The predicted molar refractivity (Wildman–Crippen MR) is 59.5 cm³/mol. The number of ether oxygens (including phenoxy) is 1. The molecule has 1 aromatic heterocycles. The van der Waals surface area contributed by atoms with Crippen molar-refractivity contribution in [3.63, 3.8) is 0 Å². The minimum atomic E-state index is -0.328. The SMILES string of the molecule is CCC(C)(OC)c1nncn1CC(C)C. The Balaban J connectivity index is 2.98. The fourth-order valence-electron chi connectivity index (χ4n) is 1.59. The van der Waals surface area contributed by atoms with Crippen LogP contribution < -0.4 is 0 Å². The van der Waals surface area contributed by atoms with E-state index in [0.29, 0.717) is 5.92 Å². The van der Waals surface area contributed by atoms with Gasteiger partial charge in [0.1, 0.15) is 11.9 Å². The highest BCUT2D eigenvalue weighted by Crippen LogP contribution is 2.26. The number of hydrogen-bond acceptors (Lipinski definition) is 3. The molecule has 0 N–H and O–H groups in total. The monoisotopic (exact) mass is 211 g/mol. The summed E-state index contributed by atoms with van der Waals surface area (Å²) in [5, 5.41) is 8.14. The van der Waals surface area contributed by atoms with Crippen LogP contribution in [0.1, 0.15) is 39.9 Å². The second-order valence-electron chi connectivity index (χ2n) is 4.49. The van der Waals surface area contributed by atoms with E-state index in [2.05, 4.69) is 35.5 Å². The second-order valence-corrected chi connectivity index (χ2v) is 4.49. The van der Waals surface area contributed by atoms with Crippen LogP contribution in [0, 0.1) is 5.92 Å². The van der Waals surface area contributed by atoms with E-state index in [1.54, 1.807) is 13.4 Å². The van der Waals surface area contributed by atoms with E-state index in [-0.39, 0.29) is 5.60 Å². The Bertz CT molecular complexity index is 303. The molecule has 0 radical (unpaired) electrons. The summed E-state index contributed by atoms with van der Waals surface area (Å²) in [4.78, 5) is 0. The van der Waals surface area contributed by atoms with Gasteiger partial charge in [0.15, 0.2) is 5.82 Å². The summed E-state index contributed by atoms with van der Waals surface area (Å²) in [5.74, 6) is 1.50. The van der Waals surface area contributed by atoms with Crippen molar-refractivity contribution in [2.24, 2.45) is 5.92 Å². The fourth-order valence-corrected chi connectivity index (χ4v) is 1.59. The minimum absolute atomic E-state index is 0.328. The normalized spacial score (nSPS) is 15.6. The highest BCUT2D eigenvalue weighted by Gasteiger charge is 2.29. The van der Waals surface area contributed by atoms with Crippen LogP contribution >= 0.6 is 0 Å². The predicted octanol–water partition coefficient (Wildman–Crippen LogP) is 2.21. The maximum absolute atomic E-state index is 5.53. The zero-order valence-corrected chi connectivity index (χ0v) is 10.3. The van der Waals surface area contributed by atoms with Gasteiger partial charge in [-0.05, 0) is 19.3 Å². The van der Waals surface area contributed by atoms with E-state index in [1.807, 2.05) is 6.92 Å². The van der Waals surface area contributed by atoms with Crippen molar-refractivity contribution in [1.82, 2.24) is 14.8 Å². The molecule has 86 valence electrons. The standard InChI is InChI=1S/C11H21N3O/c1-6-11(4,15-5)10-13-12-8-14(10)7-9(2)3/h8-9H,6-7H2,1-5H3. The molecule has 0 spiro atoms. The van der Waals surface area contributed by atoms with Crippen molar-refractivity contribution in [1.29, 1.82) is 0 Å². The molecule has 0 aromatic carbocycles. The maximum atomic E-state index is 5.53. The van der Waals surface area contributed by atoms with Gasteiger partial charge >= 0.3 is 0 Å². The molecule has 1 rings (SSSR count). The molecular formula is C11H21N3O. The van der Waals surface area contributed by atoms with Crippen molar-refractivity contribution in [2.45, 2.75) is 46.3 Å². The highest BCUT2D eigenvalue weighted by atomic mass is 16.5. The first-order chi connectivity index (χ1) is 7.03. The highest BCUT2D eigenvalue weighted by molar-refractivity contribution is 5.00. The Morgan fingerprint density at radius 3 is 2.67 bits per heavy atom. The summed E-state index contributed by atoms with van der Waals surface area (Å²) in [7, 11) is 1.72.